The maximum absolute atomic E-state index is 12.3. The molecule has 3 N–H and O–H groups in total. The number of hydrogen-bond donors (Lipinski definition) is 3. The van der Waals surface area contributed by atoms with E-state index < -0.39 is 17.1 Å². The van der Waals surface area contributed by atoms with E-state index in [1.165, 1.54) is 0 Å². The van der Waals surface area contributed by atoms with Gasteiger partial charge < -0.3 is 5.11 Å². The second kappa shape index (κ2) is 8.48. The lowest BCUT2D eigenvalue weighted by Crippen LogP contribution is -2.32. The van der Waals surface area contributed by atoms with Crippen LogP contribution in [0, 0.1) is 20.8 Å². The Balaban J connectivity index is 2.49. The molecule has 0 bridgehead atoms. The normalized spacial score (nSPS) is 11.1. The molecule has 0 atom stereocenters. The minimum Gasteiger partial charge on any atom is -0.493 e. The number of hydrogen-bond acceptors (Lipinski definition) is 5. The highest BCUT2D eigenvalue weighted by Gasteiger charge is 2.17. The van der Waals surface area contributed by atoms with Gasteiger partial charge in [-0.3, -0.25) is 14.6 Å². The molecule has 0 aliphatic rings. The minimum absolute atomic E-state index is 0.218. The fraction of sp³-hybridized carbons (Fsp3) is 0.368. The van der Waals surface area contributed by atoms with Crippen LogP contribution in [0.25, 0.3) is 5.69 Å². The van der Waals surface area contributed by atoms with Gasteiger partial charge in [-0.05, 0) is 38.3 Å². The summed E-state index contributed by atoms with van der Waals surface area (Å²) in [5.41, 5.74) is 3.59. The third-order valence-electron chi connectivity index (χ3n) is 4.12. The largest absolute Gasteiger partial charge is 0.493 e. The van der Waals surface area contributed by atoms with Crippen molar-refractivity contribution in [2.45, 2.75) is 47.0 Å². The van der Waals surface area contributed by atoms with Crippen molar-refractivity contribution in [1.82, 2.24) is 15.0 Å². The Morgan fingerprint density at radius 1 is 1.26 bits per heavy atom. The first-order valence-electron chi connectivity index (χ1n) is 8.74. The lowest BCUT2D eigenvalue weighted by molar-refractivity contribution is -0.121. The number of rotatable bonds is 6. The number of aromatic amines is 1. The Kier molecular flexibility index (Phi) is 6.33. The Hall–Kier alpha value is -3.16. The van der Waals surface area contributed by atoms with Crippen LogP contribution in [-0.2, 0) is 4.79 Å². The summed E-state index contributed by atoms with van der Waals surface area (Å²) < 4.78 is 1.03. The van der Waals surface area contributed by atoms with Gasteiger partial charge in [0.05, 0.1) is 11.9 Å². The highest BCUT2D eigenvalue weighted by molar-refractivity contribution is 5.84. The monoisotopic (exact) mass is 372 g/mol. The smallest absolute Gasteiger partial charge is 0.335 e. The van der Waals surface area contributed by atoms with Gasteiger partial charge in [0, 0.05) is 6.42 Å². The third-order valence-corrected chi connectivity index (χ3v) is 4.12. The van der Waals surface area contributed by atoms with Crippen molar-refractivity contribution in [2.24, 2.45) is 5.10 Å². The number of amides is 1. The maximum Gasteiger partial charge on any atom is 0.335 e. The Labute approximate surface area is 156 Å². The number of aromatic nitrogens is 2. The topological polar surface area (TPSA) is 117 Å². The first-order chi connectivity index (χ1) is 12.8. The molecule has 1 amide bonds. The van der Waals surface area contributed by atoms with E-state index in [0.717, 1.165) is 40.3 Å². The van der Waals surface area contributed by atoms with Gasteiger partial charge in [-0.25, -0.2) is 14.8 Å². The van der Waals surface area contributed by atoms with Crippen LogP contribution < -0.4 is 16.7 Å². The fourth-order valence-corrected chi connectivity index (χ4v) is 2.95. The van der Waals surface area contributed by atoms with Crippen LogP contribution in [0.3, 0.4) is 0 Å². The van der Waals surface area contributed by atoms with E-state index in [0.29, 0.717) is 12.1 Å². The molecular weight excluding hydrogens is 348 g/mol. The molecule has 144 valence electrons. The van der Waals surface area contributed by atoms with E-state index in [1.807, 2.05) is 39.8 Å². The third kappa shape index (κ3) is 4.52. The SMILES string of the molecule is CCCCC(=O)NN=Cc1c(O)n(-c2c(C)cc(C)cc2C)c(=O)[nH]c1=O. The number of aryl methyl sites for hydroxylation is 3. The Morgan fingerprint density at radius 3 is 2.48 bits per heavy atom. The zero-order valence-electron chi connectivity index (χ0n) is 15.9. The molecule has 1 heterocycles. The molecule has 8 heteroatoms. The summed E-state index contributed by atoms with van der Waals surface area (Å²) in [7, 11) is 0. The molecule has 1 aromatic carbocycles. The maximum atomic E-state index is 12.3. The molecule has 0 spiro atoms. The molecule has 0 radical (unpaired) electrons. The number of H-pyrrole nitrogens is 1. The van der Waals surface area contributed by atoms with Gasteiger partial charge in [0.2, 0.25) is 11.8 Å². The first-order valence-corrected chi connectivity index (χ1v) is 8.74. The van der Waals surface area contributed by atoms with Gasteiger partial charge in [-0.2, -0.15) is 5.10 Å². The van der Waals surface area contributed by atoms with Crippen molar-refractivity contribution in [2.75, 3.05) is 0 Å². The Bertz CT molecular complexity index is 979. The van der Waals surface area contributed by atoms with Crippen molar-refractivity contribution in [1.29, 1.82) is 0 Å². The van der Waals surface area contributed by atoms with Crippen molar-refractivity contribution < 1.29 is 9.90 Å². The number of carbonyl (C=O) groups is 1. The number of benzene rings is 1. The van der Waals surface area contributed by atoms with E-state index in [4.69, 9.17) is 0 Å². The average molecular weight is 372 g/mol. The van der Waals surface area contributed by atoms with Crippen molar-refractivity contribution in [3.63, 3.8) is 0 Å². The van der Waals surface area contributed by atoms with E-state index >= 15 is 0 Å². The van der Waals surface area contributed by atoms with Crippen molar-refractivity contribution in [3.8, 4) is 11.6 Å². The number of carbonyl (C=O) groups excluding carboxylic acids is 1. The number of nitrogens with zero attached hydrogens (tertiary/aromatic N) is 2. The van der Waals surface area contributed by atoms with Gasteiger partial charge in [0.15, 0.2) is 0 Å². The molecule has 8 nitrogen and oxygen atoms in total. The lowest BCUT2D eigenvalue weighted by atomic mass is 10.0. The number of nitrogens with one attached hydrogen (secondary N) is 2. The lowest BCUT2D eigenvalue weighted by Gasteiger charge is -2.15. The van der Waals surface area contributed by atoms with Gasteiger partial charge >= 0.3 is 5.69 Å². The fourth-order valence-electron chi connectivity index (χ4n) is 2.95. The summed E-state index contributed by atoms with van der Waals surface area (Å²) in [5, 5.41) is 14.3. The van der Waals surface area contributed by atoms with Gasteiger partial charge in [-0.1, -0.05) is 31.0 Å². The van der Waals surface area contributed by atoms with Gasteiger partial charge in [0.1, 0.15) is 5.56 Å². The summed E-state index contributed by atoms with van der Waals surface area (Å²) in [6.07, 6.45) is 2.95. The van der Waals surface area contributed by atoms with Crippen LogP contribution in [0.1, 0.15) is 48.4 Å². The summed E-state index contributed by atoms with van der Waals surface area (Å²) in [5.74, 6) is -0.826. The minimum atomic E-state index is -0.789. The number of aromatic hydroxyl groups is 1. The Morgan fingerprint density at radius 2 is 1.89 bits per heavy atom. The molecule has 27 heavy (non-hydrogen) atoms. The van der Waals surface area contributed by atoms with Crippen LogP contribution in [0.2, 0.25) is 0 Å². The van der Waals surface area contributed by atoms with Crippen LogP contribution in [-0.4, -0.2) is 26.8 Å². The highest BCUT2D eigenvalue weighted by atomic mass is 16.3. The van der Waals surface area contributed by atoms with Gasteiger partial charge in [-0.15, -0.1) is 0 Å². The molecule has 1 aromatic heterocycles. The molecule has 0 unspecified atom stereocenters. The second-order valence-electron chi connectivity index (χ2n) is 6.48. The molecule has 0 fully saturated rings. The van der Waals surface area contributed by atoms with Crippen LogP contribution in [0.4, 0.5) is 0 Å². The van der Waals surface area contributed by atoms with E-state index in [-0.39, 0.29) is 11.5 Å². The van der Waals surface area contributed by atoms with Crippen LogP contribution in [0.5, 0.6) is 5.88 Å². The van der Waals surface area contributed by atoms with E-state index in [1.54, 1.807) is 0 Å². The molecule has 0 aliphatic heterocycles. The van der Waals surface area contributed by atoms with E-state index in [9.17, 15) is 19.5 Å². The van der Waals surface area contributed by atoms with Crippen molar-refractivity contribution >= 4 is 12.1 Å². The zero-order chi connectivity index (χ0) is 20.1. The molecule has 2 rings (SSSR count). The standard InChI is InChI=1S/C19H24N4O4/c1-5-6-7-15(24)22-20-10-14-17(25)21-19(27)23(18(14)26)16-12(3)8-11(2)9-13(16)4/h8-10,26H,5-7H2,1-4H3,(H,22,24)(H,21,25,27). The summed E-state index contributed by atoms with van der Waals surface area (Å²) in [6, 6.07) is 3.75. The molecule has 0 saturated carbocycles. The molecule has 0 aliphatic carbocycles. The molecular formula is C19H24N4O4. The van der Waals surface area contributed by atoms with Gasteiger partial charge in [0.25, 0.3) is 5.56 Å². The predicted octanol–water partition coefficient (Wildman–Crippen LogP) is 1.80. The predicted molar refractivity (Wildman–Crippen MR) is 104 cm³/mol. The summed E-state index contributed by atoms with van der Waals surface area (Å²) in [4.78, 5) is 38.2. The zero-order valence-corrected chi connectivity index (χ0v) is 15.9. The first kappa shape index (κ1) is 20.2. The van der Waals surface area contributed by atoms with Crippen LogP contribution in [0.15, 0.2) is 26.8 Å². The molecule has 2 aromatic rings. The molecule has 0 saturated heterocycles. The van der Waals surface area contributed by atoms with Crippen molar-refractivity contribution in [3.05, 3.63) is 55.2 Å². The number of hydrazone groups is 1. The second-order valence-corrected chi connectivity index (χ2v) is 6.48. The highest BCUT2D eigenvalue weighted by Crippen LogP contribution is 2.23. The van der Waals surface area contributed by atoms with Crippen LogP contribution >= 0.6 is 0 Å². The quantitative estimate of drug-likeness (QED) is 0.529. The summed E-state index contributed by atoms with van der Waals surface area (Å²) >= 11 is 0. The average Bonchev–Trinajstić information content (AvgIpc) is 2.57. The summed E-state index contributed by atoms with van der Waals surface area (Å²) in [6.45, 7) is 7.52. The van der Waals surface area contributed by atoms with E-state index in [2.05, 4.69) is 15.5 Å². The number of unbranched alkanes of at least 4 members (excludes halogenated alkanes) is 1.